The Labute approximate surface area is 128 Å². The van der Waals surface area contributed by atoms with E-state index in [1.807, 2.05) is 30.8 Å². The van der Waals surface area contributed by atoms with Crippen LogP contribution in [-0.2, 0) is 13.6 Å². The number of amides is 1. The van der Waals surface area contributed by atoms with Gasteiger partial charge in [0.05, 0.1) is 23.3 Å². The summed E-state index contributed by atoms with van der Waals surface area (Å²) in [6.45, 7) is 2.40. The number of benzene rings is 1. The van der Waals surface area contributed by atoms with Gasteiger partial charge >= 0.3 is 0 Å². The van der Waals surface area contributed by atoms with Crippen LogP contribution in [0.2, 0.25) is 0 Å². The minimum atomic E-state index is -0.195. The Bertz CT molecular complexity index is 836. The zero-order valence-corrected chi connectivity index (χ0v) is 12.5. The normalized spacial score (nSPS) is 10.8. The molecule has 1 amide bonds. The summed E-state index contributed by atoms with van der Waals surface area (Å²) >= 11 is 0. The highest BCUT2D eigenvalue weighted by Crippen LogP contribution is 2.19. The van der Waals surface area contributed by atoms with Gasteiger partial charge in [-0.05, 0) is 31.2 Å². The lowest BCUT2D eigenvalue weighted by Crippen LogP contribution is -2.23. The first-order valence-corrected chi connectivity index (χ1v) is 6.96. The number of hydrogen-bond donors (Lipinski definition) is 2. The van der Waals surface area contributed by atoms with Crippen LogP contribution in [-0.4, -0.2) is 20.7 Å². The SMILES string of the molecule is Cc1ccc2c(c1)c(CNC(=O)c1ccc(N)nc1)nn2C. The average molecular weight is 295 g/mol. The molecule has 2 heterocycles. The molecule has 6 nitrogen and oxygen atoms in total. The van der Waals surface area contributed by atoms with E-state index in [-0.39, 0.29) is 5.91 Å². The number of hydrogen-bond acceptors (Lipinski definition) is 4. The molecule has 0 unspecified atom stereocenters. The number of aromatic nitrogens is 3. The van der Waals surface area contributed by atoms with Gasteiger partial charge in [-0.1, -0.05) is 11.6 Å². The zero-order valence-electron chi connectivity index (χ0n) is 12.5. The second-order valence-corrected chi connectivity index (χ2v) is 5.25. The smallest absolute Gasteiger partial charge is 0.253 e. The number of anilines is 1. The quantitative estimate of drug-likeness (QED) is 0.771. The van der Waals surface area contributed by atoms with E-state index in [1.165, 1.54) is 6.20 Å². The monoisotopic (exact) mass is 295 g/mol. The van der Waals surface area contributed by atoms with E-state index in [1.54, 1.807) is 12.1 Å². The molecule has 0 radical (unpaired) electrons. The van der Waals surface area contributed by atoms with E-state index in [4.69, 9.17) is 5.73 Å². The van der Waals surface area contributed by atoms with Crippen LogP contribution in [0.4, 0.5) is 5.82 Å². The Morgan fingerprint density at radius 1 is 1.32 bits per heavy atom. The third-order valence-electron chi connectivity index (χ3n) is 3.55. The van der Waals surface area contributed by atoms with Gasteiger partial charge in [-0.15, -0.1) is 0 Å². The number of nitrogens with two attached hydrogens (primary N) is 1. The van der Waals surface area contributed by atoms with Crippen LogP contribution in [0.25, 0.3) is 10.9 Å². The molecular weight excluding hydrogens is 278 g/mol. The van der Waals surface area contributed by atoms with Crippen molar-refractivity contribution in [3.8, 4) is 0 Å². The molecule has 3 N–H and O–H groups in total. The minimum absolute atomic E-state index is 0.195. The maximum atomic E-state index is 12.1. The Kier molecular flexibility index (Phi) is 3.50. The van der Waals surface area contributed by atoms with Gasteiger partial charge in [-0.2, -0.15) is 5.10 Å². The summed E-state index contributed by atoms with van der Waals surface area (Å²) in [7, 11) is 1.90. The third kappa shape index (κ3) is 2.63. The molecule has 0 saturated carbocycles. The van der Waals surface area contributed by atoms with Crippen LogP contribution in [0, 0.1) is 6.92 Å². The van der Waals surface area contributed by atoms with Crippen LogP contribution in [0.3, 0.4) is 0 Å². The highest BCUT2D eigenvalue weighted by molar-refractivity contribution is 5.94. The van der Waals surface area contributed by atoms with Gasteiger partial charge in [-0.3, -0.25) is 9.48 Å². The van der Waals surface area contributed by atoms with Gasteiger partial charge in [0.15, 0.2) is 0 Å². The maximum Gasteiger partial charge on any atom is 0.253 e. The highest BCUT2D eigenvalue weighted by Gasteiger charge is 2.11. The van der Waals surface area contributed by atoms with Gasteiger partial charge in [0.1, 0.15) is 5.82 Å². The number of fused-ring (bicyclic) bond motifs is 1. The standard InChI is InChI=1S/C16H17N5O/c1-10-3-5-14-12(7-10)13(20-21(14)2)9-19-16(22)11-4-6-15(17)18-8-11/h3-8H,9H2,1-2H3,(H2,17,18)(H,19,22). The second-order valence-electron chi connectivity index (χ2n) is 5.25. The van der Waals surface area contributed by atoms with Crippen molar-refractivity contribution in [2.45, 2.75) is 13.5 Å². The molecule has 0 spiro atoms. The molecule has 0 bridgehead atoms. The Morgan fingerprint density at radius 3 is 2.86 bits per heavy atom. The van der Waals surface area contributed by atoms with E-state index in [9.17, 15) is 4.79 Å². The van der Waals surface area contributed by atoms with Crippen LogP contribution in [0.5, 0.6) is 0 Å². The molecule has 0 atom stereocenters. The van der Waals surface area contributed by atoms with Gasteiger partial charge in [-0.25, -0.2) is 4.98 Å². The number of aryl methyl sites for hydroxylation is 2. The van der Waals surface area contributed by atoms with E-state index in [2.05, 4.69) is 21.5 Å². The summed E-state index contributed by atoms with van der Waals surface area (Å²) in [6, 6.07) is 9.42. The van der Waals surface area contributed by atoms with E-state index in [0.29, 0.717) is 17.9 Å². The van der Waals surface area contributed by atoms with Crippen molar-refractivity contribution in [1.82, 2.24) is 20.1 Å². The van der Waals surface area contributed by atoms with E-state index < -0.39 is 0 Å². The fourth-order valence-corrected chi connectivity index (χ4v) is 2.39. The predicted octanol–water partition coefficient (Wildman–Crippen LogP) is 1.79. The van der Waals surface area contributed by atoms with Crippen LogP contribution >= 0.6 is 0 Å². The molecule has 112 valence electrons. The first kappa shape index (κ1) is 14.1. The summed E-state index contributed by atoms with van der Waals surface area (Å²) < 4.78 is 1.82. The number of carbonyl (C=O) groups is 1. The molecule has 22 heavy (non-hydrogen) atoms. The summed E-state index contributed by atoms with van der Waals surface area (Å²) in [5.41, 5.74) is 9.05. The number of carbonyl (C=O) groups excluding carboxylic acids is 1. The van der Waals surface area contributed by atoms with Crippen molar-refractivity contribution >= 4 is 22.6 Å². The van der Waals surface area contributed by atoms with Crippen molar-refractivity contribution in [1.29, 1.82) is 0 Å². The highest BCUT2D eigenvalue weighted by atomic mass is 16.1. The van der Waals surface area contributed by atoms with Crippen LogP contribution < -0.4 is 11.1 Å². The van der Waals surface area contributed by atoms with E-state index >= 15 is 0 Å². The Hall–Kier alpha value is -2.89. The fourth-order valence-electron chi connectivity index (χ4n) is 2.39. The summed E-state index contributed by atoms with van der Waals surface area (Å²) in [5, 5.41) is 8.39. The van der Waals surface area contributed by atoms with Crippen molar-refractivity contribution < 1.29 is 4.79 Å². The summed E-state index contributed by atoms with van der Waals surface area (Å²) in [4.78, 5) is 16.0. The van der Waals surface area contributed by atoms with Crippen molar-refractivity contribution in [3.05, 3.63) is 53.3 Å². The first-order chi connectivity index (χ1) is 10.5. The molecule has 0 saturated heterocycles. The Morgan fingerprint density at radius 2 is 2.14 bits per heavy atom. The number of nitrogens with one attached hydrogen (secondary N) is 1. The molecule has 1 aromatic carbocycles. The average Bonchev–Trinajstić information content (AvgIpc) is 2.81. The minimum Gasteiger partial charge on any atom is -0.384 e. The lowest BCUT2D eigenvalue weighted by Gasteiger charge is -2.04. The Balaban J connectivity index is 1.80. The van der Waals surface area contributed by atoms with Gasteiger partial charge in [0.2, 0.25) is 0 Å². The molecule has 6 heteroatoms. The largest absolute Gasteiger partial charge is 0.384 e. The van der Waals surface area contributed by atoms with Crippen molar-refractivity contribution in [3.63, 3.8) is 0 Å². The van der Waals surface area contributed by atoms with Gasteiger partial charge < -0.3 is 11.1 Å². The zero-order chi connectivity index (χ0) is 15.7. The van der Waals surface area contributed by atoms with Gasteiger partial charge in [0.25, 0.3) is 5.91 Å². The molecule has 2 aromatic heterocycles. The molecule has 0 aliphatic carbocycles. The third-order valence-corrected chi connectivity index (χ3v) is 3.55. The lowest BCUT2D eigenvalue weighted by molar-refractivity contribution is 0.0950. The second kappa shape index (κ2) is 5.48. The van der Waals surface area contributed by atoms with Gasteiger partial charge in [0, 0.05) is 18.6 Å². The number of rotatable bonds is 3. The predicted molar refractivity (Wildman–Crippen MR) is 85.3 cm³/mol. The number of pyridine rings is 1. The molecule has 3 rings (SSSR count). The molecule has 0 fully saturated rings. The molecule has 0 aliphatic heterocycles. The van der Waals surface area contributed by atoms with Crippen LogP contribution in [0.1, 0.15) is 21.6 Å². The van der Waals surface area contributed by atoms with Crippen molar-refractivity contribution in [2.75, 3.05) is 5.73 Å². The lowest BCUT2D eigenvalue weighted by atomic mass is 10.1. The fraction of sp³-hybridized carbons (Fsp3) is 0.188. The van der Waals surface area contributed by atoms with E-state index in [0.717, 1.165) is 22.2 Å². The molecule has 3 aromatic rings. The number of nitrogens with zero attached hydrogens (tertiary/aromatic N) is 3. The van der Waals surface area contributed by atoms with Crippen LogP contribution in [0.15, 0.2) is 36.5 Å². The molecule has 0 aliphatic rings. The maximum absolute atomic E-state index is 12.1. The topological polar surface area (TPSA) is 85.8 Å². The summed E-state index contributed by atoms with van der Waals surface area (Å²) in [5.74, 6) is 0.196. The number of nitrogen functional groups attached to an aromatic ring is 1. The summed E-state index contributed by atoms with van der Waals surface area (Å²) in [6.07, 6.45) is 1.46. The first-order valence-electron chi connectivity index (χ1n) is 6.96. The molecular formula is C16H17N5O. The van der Waals surface area contributed by atoms with Crippen molar-refractivity contribution in [2.24, 2.45) is 7.05 Å².